The largest absolute Gasteiger partial charge is 0.394 e. The number of aliphatic hydroxyl groups excluding tert-OH is 1. The van der Waals surface area contributed by atoms with E-state index in [0.29, 0.717) is 18.3 Å². The third kappa shape index (κ3) is 5.54. The Kier molecular flexibility index (Phi) is 8.39. The Labute approximate surface area is 191 Å². The van der Waals surface area contributed by atoms with Crippen molar-refractivity contribution in [3.05, 3.63) is 53.2 Å². The highest BCUT2D eigenvalue weighted by molar-refractivity contribution is 5.86. The molecule has 0 radical (unpaired) electrons. The molecule has 0 spiro atoms. The number of rotatable bonds is 12. The lowest BCUT2D eigenvalue weighted by atomic mass is 9.90. The maximum Gasteiger partial charge on any atom is 0.225 e. The quantitative estimate of drug-likeness (QED) is 0.348. The van der Waals surface area contributed by atoms with Gasteiger partial charge in [-0.2, -0.15) is 4.98 Å². The summed E-state index contributed by atoms with van der Waals surface area (Å²) >= 11 is 0. The zero-order valence-corrected chi connectivity index (χ0v) is 19.9. The van der Waals surface area contributed by atoms with Crippen molar-refractivity contribution in [3.8, 4) is 0 Å². The first kappa shape index (κ1) is 23.9. The molecule has 32 heavy (non-hydrogen) atoms. The van der Waals surface area contributed by atoms with Gasteiger partial charge in [0.15, 0.2) is 5.82 Å². The van der Waals surface area contributed by atoms with Crippen LogP contribution in [0.1, 0.15) is 70.1 Å². The molecule has 0 aliphatic carbocycles. The fourth-order valence-electron chi connectivity index (χ4n) is 4.03. The number of anilines is 2. The molecule has 3 rings (SSSR count). The molecule has 0 fully saturated rings. The van der Waals surface area contributed by atoms with E-state index in [1.54, 1.807) is 6.20 Å². The van der Waals surface area contributed by atoms with Gasteiger partial charge in [-0.1, -0.05) is 58.7 Å². The van der Waals surface area contributed by atoms with E-state index in [-0.39, 0.29) is 6.61 Å². The van der Waals surface area contributed by atoms with Crippen LogP contribution in [0.2, 0.25) is 0 Å². The fourth-order valence-corrected chi connectivity index (χ4v) is 4.03. The SMILES string of the molecule is CCCCC(CC)(CO)Nc1nc(NCc2ccc(CC)cc2CC)nc2cccnc12. The van der Waals surface area contributed by atoms with E-state index < -0.39 is 5.54 Å². The van der Waals surface area contributed by atoms with Crippen molar-refractivity contribution >= 4 is 22.8 Å². The van der Waals surface area contributed by atoms with Crippen LogP contribution in [0.5, 0.6) is 0 Å². The molecule has 0 aliphatic rings. The normalized spacial score (nSPS) is 13.2. The van der Waals surface area contributed by atoms with Gasteiger partial charge >= 0.3 is 0 Å². The average Bonchev–Trinajstić information content (AvgIpc) is 2.85. The number of hydrogen-bond acceptors (Lipinski definition) is 6. The zero-order valence-electron chi connectivity index (χ0n) is 19.9. The molecule has 172 valence electrons. The van der Waals surface area contributed by atoms with Gasteiger partial charge in [-0.25, -0.2) is 4.98 Å². The van der Waals surface area contributed by atoms with Gasteiger partial charge in [0.05, 0.1) is 17.7 Å². The number of aryl methyl sites for hydroxylation is 2. The summed E-state index contributed by atoms with van der Waals surface area (Å²) in [5.41, 5.74) is 5.05. The second-order valence-corrected chi connectivity index (χ2v) is 8.45. The zero-order chi connectivity index (χ0) is 23.0. The number of fused-ring (bicyclic) bond motifs is 1. The summed E-state index contributed by atoms with van der Waals surface area (Å²) in [4.78, 5) is 14.0. The van der Waals surface area contributed by atoms with Gasteiger partial charge in [-0.15, -0.1) is 0 Å². The molecule has 3 N–H and O–H groups in total. The van der Waals surface area contributed by atoms with Gasteiger partial charge in [-0.05, 0) is 54.5 Å². The lowest BCUT2D eigenvalue weighted by Crippen LogP contribution is -2.42. The Morgan fingerprint density at radius 2 is 1.84 bits per heavy atom. The Bertz CT molecular complexity index is 1020. The summed E-state index contributed by atoms with van der Waals surface area (Å²) in [5.74, 6) is 1.23. The standard InChI is InChI=1S/C26H37N5O/c1-5-9-14-26(8-4,18-32)31-24-23-22(11-10-15-27-23)29-25(30-24)28-17-21-13-12-19(6-2)16-20(21)7-3/h10-13,15-16,32H,5-9,14,17-18H2,1-4H3,(H2,28,29,30,31). The molecule has 0 amide bonds. The van der Waals surface area contributed by atoms with Crippen LogP contribution in [-0.4, -0.2) is 32.2 Å². The molecular weight excluding hydrogens is 398 g/mol. The van der Waals surface area contributed by atoms with Crippen LogP contribution in [0.25, 0.3) is 11.0 Å². The van der Waals surface area contributed by atoms with E-state index in [1.807, 2.05) is 12.1 Å². The summed E-state index contributed by atoms with van der Waals surface area (Å²) in [6.45, 7) is 9.34. The van der Waals surface area contributed by atoms with Crippen molar-refractivity contribution in [1.82, 2.24) is 15.0 Å². The third-order valence-corrected chi connectivity index (χ3v) is 6.32. The van der Waals surface area contributed by atoms with E-state index in [1.165, 1.54) is 16.7 Å². The number of pyridine rings is 1. The first-order chi connectivity index (χ1) is 15.6. The van der Waals surface area contributed by atoms with Crippen LogP contribution in [0.15, 0.2) is 36.5 Å². The minimum absolute atomic E-state index is 0.0498. The van der Waals surface area contributed by atoms with Gasteiger partial charge in [0, 0.05) is 12.7 Å². The maximum absolute atomic E-state index is 10.2. The van der Waals surface area contributed by atoms with E-state index in [4.69, 9.17) is 9.97 Å². The molecule has 1 unspecified atom stereocenters. The van der Waals surface area contributed by atoms with Crippen LogP contribution >= 0.6 is 0 Å². The lowest BCUT2D eigenvalue weighted by Gasteiger charge is -2.33. The lowest BCUT2D eigenvalue weighted by molar-refractivity contribution is 0.195. The highest BCUT2D eigenvalue weighted by Gasteiger charge is 2.28. The predicted molar refractivity (Wildman–Crippen MR) is 133 cm³/mol. The fraction of sp³-hybridized carbons (Fsp3) is 0.500. The molecule has 3 aromatic rings. The molecule has 1 atom stereocenters. The average molecular weight is 436 g/mol. The van der Waals surface area contributed by atoms with E-state index in [0.717, 1.165) is 49.6 Å². The van der Waals surface area contributed by atoms with E-state index in [9.17, 15) is 5.11 Å². The molecule has 0 saturated heterocycles. The number of nitrogens with zero attached hydrogens (tertiary/aromatic N) is 3. The second-order valence-electron chi connectivity index (χ2n) is 8.45. The number of aliphatic hydroxyl groups is 1. The van der Waals surface area contributed by atoms with E-state index in [2.05, 4.69) is 61.5 Å². The summed E-state index contributed by atoms with van der Waals surface area (Å²) in [7, 11) is 0. The Hall–Kier alpha value is -2.73. The van der Waals surface area contributed by atoms with Crippen molar-refractivity contribution < 1.29 is 5.11 Å². The Morgan fingerprint density at radius 3 is 2.53 bits per heavy atom. The minimum Gasteiger partial charge on any atom is -0.394 e. The number of unbranched alkanes of at least 4 members (excludes halogenated alkanes) is 1. The van der Waals surface area contributed by atoms with Gasteiger partial charge < -0.3 is 15.7 Å². The van der Waals surface area contributed by atoms with Crippen LogP contribution in [0.4, 0.5) is 11.8 Å². The van der Waals surface area contributed by atoms with Gasteiger partial charge in [0.25, 0.3) is 0 Å². The number of aromatic nitrogens is 3. The Balaban J connectivity index is 1.91. The minimum atomic E-state index is -0.419. The molecular formula is C26H37N5O. The van der Waals surface area contributed by atoms with Gasteiger partial charge in [0.2, 0.25) is 5.95 Å². The molecule has 0 bridgehead atoms. The van der Waals surface area contributed by atoms with Gasteiger partial charge in [-0.3, -0.25) is 4.98 Å². The first-order valence-electron chi connectivity index (χ1n) is 11.9. The van der Waals surface area contributed by atoms with Crippen molar-refractivity contribution in [2.24, 2.45) is 0 Å². The topological polar surface area (TPSA) is 83.0 Å². The summed E-state index contributed by atoms with van der Waals surface area (Å²) < 4.78 is 0. The van der Waals surface area contributed by atoms with Crippen LogP contribution < -0.4 is 10.6 Å². The van der Waals surface area contributed by atoms with Crippen molar-refractivity contribution in [3.63, 3.8) is 0 Å². The Morgan fingerprint density at radius 1 is 1.00 bits per heavy atom. The molecule has 2 aromatic heterocycles. The van der Waals surface area contributed by atoms with Crippen LogP contribution in [0, 0.1) is 0 Å². The van der Waals surface area contributed by atoms with Crippen molar-refractivity contribution in [1.29, 1.82) is 0 Å². The molecule has 0 aliphatic heterocycles. The first-order valence-corrected chi connectivity index (χ1v) is 11.9. The van der Waals surface area contributed by atoms with Crippen molar-refractivity contribution in [2.75, 3.05) is 17.2 Å². The van der Waals surface area contributed by atoms with Crippen LogP contribution in [0.3, 0.4) is 0 Å². The maximum atomic E-state index is 10.2. The van der Waals surface area contributed by atoms with E-state index >= 15 is 0 Å². The third-order valence-electron chi connectivity index (χ3n) is 6.32. The predicted octanol–water partition coefficient (Wildman–Crippen LogP) is 5.50. The molecule has 6 heteroatoms. The second kappa shape index (κ2) is 11.2. The molecule has 6 nitrogen and oxygen atoms in total. The molecule has 0 saturated carbocycles. The van der Waals surface area contributed by atoms with Gasteiger partial charge in [0.1, 0.15) is 5.52 Å². The summed E-state index contributed by atoms with van der Waals surface area (Å²) in [6.07, 6.45) is 7.58. The molecule has 1 aromatic carbocycles. The van der Waals surface area contributed by atoms with Crippen molar-refractivity contribution in [2.45, 2.75) is 78.3 Å². The molecule has 2 heterocycles. The smallest absolute Gasteiger partial charge is 0.225 e. The monoisotopic (exact) mass is 435 g/mol. The van der Waals surface area contributed by atoms with Crippen LogP contribution in [-0.2, 0) is 19.4 Å². The summed E-state index contributed by atoms with van der Waals surface area (Å²) in [6, 6.07) is 10.5. The number of hydrogen-bond donors (Lipinski definition) is 3. The highest BCUT2D eigenvalue weighted by atomic mass is 16.3. The number of nitrogens with one attached hydrogen (secondary N) is 2. The summed E-state index contributed by atoms with van der Waals surface area (Å²) in [5, 5.41) is 17.2. The highest BCUT2D eigenvalue weighted by Crippen LogP contribution is 2.28. The number of benzene rings is 1.